The minimum Gasteiger partial charge on any atom is -0.298 e. The Labute approximate surface area is 73.8 Å². The van der Waals surface area contributed by atoms with Gasteiger partial charge in [0.1, 0.15) is 5.75 Å². The average Bonchev–Trinajstić information content (AvgIpc) is 1.83. The minimum absolute atomic E-state index is 0.711. The first-order valence-electron chi connectivity index (χ1n) is 3.39. The first-order valence-corrected chi connectivity index (χ1v) is 5.05. The number of hydrogen-bond donors (Lipinski definition) is 0. The standard InChI is InChI=1S/C6H9F3O3S/c1-4(2)5(10)3-13(11,12)6(7,8)9/h4H,3H2,1-2H3. The average molecular weight is 218 g/mol. The molecule has 0 aliphatic carbocycles. The van der Waals surface area contributed by atoms with Crippen LogP contribution in [0.5, 0.6) is 0 Å². The number of carbonyl (C=O) groups is 1. The summed E-state index contributed by atoms with van der Waals surface area (Å²) in [7, 11) is -5.29. The fourth-order valence-corrected chi connectivity index (χ4v) is 1.31. The lowest BCUT2D eigenvalue weighted by atomic mass is 10.1. The fraction of sp³-hybridized carbons (Fsp3) is 0.833. The quantitative estimate of drug-likeness (QED) is 0.713. The van der Waals surface area contributed by atoms with Crippen molar-refractivity contribution in [3.63, 3.8) is 0 Å². The summed E-state index contributed by atoms with van der Waals surface area (Å²) in [4.78, 5) is 10.7. The Bertz CT molecular complexity index is 289. The van der Waals surface area contributed by atoms with Gasteiger partial charge in [0.15, 0.2) is 5.78 Å². The van der Waals surface area contributed by atoms with Crippen LogP contribution in [0.4, 0.5) is 13.2 Å². The molecule has 0 amide bonds. The van der Waals surface area contributed by atoms with Crippen molar-refractivity contribution in [2.75, 3.05) is 5.75 Å². The Hall–Kier alpha value is -0.590. The van der Waals surface area contributed by atoms with Crippen molar-refractivity contribution in [3.05, 3.63) is 0 Å². The normalized spacial score (nSPS) is 13.4. The molecule has 0 unspecified atom stereocenters. The summed E-state index contributed by atoms with van der Waals surface area (Å²) in [6.45, 7) is 2.68. The molecular formula is C6H9F3O3S. The molecule has 0 rings (SSSR count). The third-order valence-corrected chi connectivity index (χ3v) is 2.70. The summed E-state index contributed by atoms with van der Waals surface area (Å²) in [5.41, 5.74) is -5.34. The van der Waals surface area contributed by atoms with Gasteiger partial charge in [0.25, 0.3) is 9.84 Å². The number of hydrogen-bond acceptors (Lipinski definition) is 3. The van der Waals surface area contributed by atoms with Gasteiger partial charge in [-0.15, -0.1) is 0 Å². The van der Waals surface area contributed by atoms with E-state index in [0.717, 1.165) is 0 Å². The van der Waals surface area contributed by atoms with Gasteiger partial charge >= 0.3 is 5.51 Å². The van der Waals surface area contributed by atoms with Crippen LogP contribution < -0.4 is 0 Å². The molecule has 0 fully saturated rings. The summed E-state index contributed by atoms with van der Waals surface area (Å²) in [6, 6.07) is 0. The number of carbonyl (C=O) groups excluding carboxylic acids is 1. The molecule has 0 aliphatic rings. The van der Waals surface area contributed by atoms with Gasteiger partial charge in [-0.25, -0.2) is 8.42 Å². The van der Waals surface area contributed by atoms with E-state index in [1.54, 1.807) is 0 Å². The molecule has 0 atom stereocenters. The van der Waals surface area contributed by atoms with Crippen LogP contribution in [0.15, 0.2) is 0 Å². The molecule has 0 bridgehead atoms. The molecule has 0 spiro atoms. The maximum absolute atomic E-state index is 11.7. The molecular weight excluding hydrogens is 209 g/mol. The highest BCUT2D eigenvalue weighted by Gasteiger charge is 2.46. The molecule has 0 aromatic heterocycles. The van der Waals surface area contributed by atoms with Gasteiger partial charge in [0.2, 0.25) is 0 Å². The second-order valence-electron chi connectivity index (χ2n) is 2.83. The van der Waals surface area contributed by atoms with E-state index < -0.39 is 32.8 Å². The second kappa shape index (κ2) is 3.65. The zero-order chi connectivity index (χ0) is 10.9. The van der Waals surface area contributed by atoms with E-state index in [-0.39, 0.29) is 0 Å². The van der Waals surface area contributed by atoms with E-state index in [1.165, 1.54) is 13.8 Å². The maximum atomic E-state index is 11.7. The maximum Gasteiger partial charge on any atom is 0.497 e. The second-order valence-corrected chi connectivity index (χ2v) is 4.81. The molecule has 3 nitrogen and oxygen atoms in total. The molecule has 0 heterocycles. The molecule has 0 aromatic carbocycles. The van der Waals surface area contributed by atoms with Crippen LogP contribution in [0.2, 0.25) is 0 Å². The SMILES string of the molecule is CC(C)C(=O)CS(=O)(=O)C(F)(F)F. The molecule has 0 saturated carbocycles. The highest BCUT2D eigenvalue weighted by atomic mass is 32.2. The minimum atomic E-state index is -5.34. The molecule has 0 saturated heterocycles. The highest BCUT2D eigenvalue weighted by Crippen LogP contribution is 2.24. The van der Waals surface area contributed by atoms with Crippen molar-refractivity contribution in [1.82, 2.24) is 0 Å². The van der Waals surface area contributed by atoms with E-state index in [4.69, 9.17) is 0 Å². The van der Waals surface area contributed by atoms with Gasteiger partial charge in [-0.2, -0.15) is 13.2 Å². The topological polar surface area (TPSA) is 51.2 Å². The van der Waals surface area contributed by atoms with E-state index in [0.29, 0.717) is 0 Å². The third kappa shape index (κ3) is 3.33. The summed E-state index contributed by atoms with van der Waals surface area (Å²) in [6.07, 6.45) is 0. The van der Waals surface area contributed by atoms with Gasteiger partial charge < -0.3 is 0 Å². The van der Waals surface area contributed by atoms with Crippen molar-refractivity contribution in [3.8, 4) is 0 Å². The summed E-state index contributed by atoms with van der Waals surface area (Å²) in [5, 5.41) is 0. The molecule has 13 heavy (non-hydrogen) atoms. The largest absolute Gasteiger partial charge is 0.497 e. The van der Waals surface area contributed by atoms with Gasteiger partial charge in [-0.05, 0) is 0 Å². The van der Waals surface area contributed by atoms with Gasteiger partial charge in [-0.3, -0.25) is 4.79 Å². The van der Waals surface area contributed by atoms with E-state index in [1.807, 2.05) is 0 Å². The summed E-state index contributed by atoms with van der Waals surface area (Å²) >= 11 is 0. The van der Waals surface area contributed by atoms with Crippen LogP contribution in [-0.4, -0.2) is 25.5 Å². The van der Waals surface area contributed by atoms with Crippen molar-refractivity contribution < 1.29 is 26.4 Å². The Morgan fingerprint density at radius 1 is 1.31 bits per heavy atom. The molecule has 0 radical (unpaired) electrons. The fourth-order valence-electron chi connectivity index (χ4n) is 0.436. The third-order valence-electron chi connectivity index (χ3n) is 1.33. The smallest absolute Gasteiger partial charge is 0.298 e. The van der Waals surface area contributed by atoms with Crippen LogP contribution in [0.1, 0.15) is 13.8 Å². The van der Waals surface area contributed by atoms with Crippen LogP contribution in [0.25, 0.3) is 0 Å². The summed E-state index contributed by atoms with van der Waals surface area (Å²) in [5.74, 6) is -3.11. The van der Waals surface area contributed by atoms with Crippen LogP contribution in [0, 0.1) is 5.92 Å². The van der Waals surface area contributed by atoms with Crippen molar-refractivity contribution in [2.45, 2.75) is 19.4 Å². The first-order chi connectivity index (χ1) is 5.58. The van der Waals surface area contributed by atoms with Gasteiger partial charge in [0, 0.05) is 5.92 Å². The number of rotatable bonds is 3. The zero-order valence-electron chi connectivity index (χ0n) is 7.05. The highest BCUT2D eigenvalue weighted by molar-refractivity contribution is 7.92. The van der Waals surface area contributed by atoms with Crippen molar-refractivity contribution in [1.29, 1.82) is 0 Å². The molecule has 0 aliphatic heterocycles. The van der Waals surface area contributed by atoms with Gasteiger partial charge in [-0.1, -0.05) is 13.8 Å². The van der Waals surface area contributed by atoms with Gasteiger partial charge in [0.05, 0.1) is 0 Å². The van der Waals surface area contributed by atoms with Crippen LogP contribution in [-0.2, 0) is 14.6 Å². The number of halogens is 3. The molecule has 7 heteroatoms. The van der Waals surface area contributed by atoms with Crippen LogP contribution in [0.3, 0.4) is 0 Å². The monoisotopic (exact) mass is 218 g/mol. The molecule has 78 valence electrons. The lowest BCUT2D eigenvalue weighted by Crippen LogP contribution is -2.31. The predicted octanol–water partition coefficient (Wildman–Crippen LogP) is 1.15. The van der Waals surface area contributed by atoms with Crippen molar-refractivity contribution >= 4 is 15.6 Å². The van der Waals surface area contributed by atoms with E-state index in [2.05, 4.69) is 0 Å². The van der Waals surface area contributed by atoms with E-state index in [9.17, 15) is 26.4 Å². The van der Waals surface area contributed by atoms with Crippen LogP contribution >= 0.6 is 0 Å². The van der Waals surface area contributed by atoms with E-state index >= 15 is 0 Å². The first kappa shape index (κ1) is 12.4. The Kier molecular flexibility index (Phi) is 3.48. The van der Waals surface area contributed by atoms with Crippen molar-refractivity contribution in [2.24, 2.45) is 5.92 Å². The number of ketones is 1. The number of sulfone groups is 1. The Morgan fingerprint density at radius 2 is 1.69 bits per heavy atom. The Balaban J connectivity index is 4.65. The zero-order valence-corrected chi connectivity index (χ0v) is 7.87. The molecule has 0 N–H and O–H groups in total. The lowest BCUT2D eigenvalue weighted by molar-refractivity contribution is -0.119. The number of alkyl halides is 3. The summed E-state index contributed by atoms with van der Waals surface area (Å²) < 4.78 is 56.0. The number of Topliss-reactive ketones (excluding diaryl/α,β-unsaturated/α-hetero) is 1. The lowest BCUT2D eigenvalue weighted by Gasteiger charge is -2.08. The Morgan fingerprint density at radius 3 is 1.92 bits per heavy atom. The predicted molar refractivity (Wildman–Crippen MR) is 39.7 cm³/mol. The molecule has 0 aromatic rings.